The lowest BCUT2D eigenvalue weighted by molar-refractivity contribution is 0.109. The summed E-state index contributed by atoms with van der Waals surface area (Å²) in [5, 5.41) is 0. The summed E-state index contributed by atoms with van der Waals surface area (Å²) in [6.07, 6.45) is 5.02. The predicted molar refractivity (Wildman–Crippen MR) is 171 cm³/mol. The lowest BCUT2D eigenvalue weighted by Crippen LogP contribution is -2.10. The quantitative estimate of drug-likeness (QED) is 0.122. The van der Waals surface area contributed by atoms with E-state index in [1.54, 1.807) is 12.5 Å². The van der Waals surface area contributed by atoms with Gasteiger partial charge in [-0.25, -0.2) is 0 Å². The van der Waals surface area contributed by atoms with Gasteiger partial charge in [-0.3, -0.25) is 0 Å². The maximum Gasteiger partial charge on any atom is 0.129 e. The molecule has 0 unspecified atom stereocenters. The maximum absolute atomic E-state index is 5.79. The zero-order chi connectivity index (χ0) is 29.1. The first kappa shape index (κ1) is 28.3. The van der Waals surface area contributed by atoms with Crippen LogP contribution in [0.25, 0.3) is 11.1 Å². The Hall–Kier alpha value is -4.84. The monoisotopic (exact) mass is 569 g/mol. The van der Waals surface area contributed by atoms with Crippen molar-refractivity contribution in [2.24, 2.45) is 0 Å². The van der Waals surface area contributed by atoms with Crippen molar-refractivity contribution in [2.75, 3.05) is 18.1 Å². The van der Waals surface area contributed by atoms with Crippen LogP contribution in [0.15, 0.2) is 149 Å². The fraction of sp³-hybridized carbons (Fsp3) is 0.158. The number of anilines is 3. The molecule has 2 aromatic heterocycles. The van der Waals surface area contributed by atoms with E-state index in [4.69, 9.17) is 18.3 Å². The van der Waals surface area contributed by atoms with Gasteiger partial charge in [0.25, 0.3) is 0 Å². The first-order valence-electron chi connectivity index (χ1n) is 14.7. The van der Waals surface area contributed by atoms with Crippen molar-refractivity contribution in [1.82, 2.24) is 0 Å². The summed E-state index contributed by atoms with van der Waals surface area (Å²) < 4.78 is 22.3. The van der Waals surface area contributed by atoms with Crippen LogP contribution in [0.3, 0.4) is 0 Å². The zero-order valence-corrected chi connectivity index (χ0v) is 24.1. The van der Waals surface area contributed by atoms with Gasteiger partial charge < -0.3 is 23.2 Å². The minimum Gasteiger partial charge on any atom is -0.467 e. The Kier molecular flexibility index (Phi) is 9.45. The third-order valence-corrected chi connectivity index (χ3v) is 7.34. The van der Waals surface area contributed by atoms with E-state index in [0.29, 0.717) is 26.4 Å². The third kappa shape index (κ3) is 7.72. The highest BCUT2D eigenvalue weighted by atomic mass is 16.5. The molecule has 0 bridgehead atoms. The van der Waals surface area contributed by atoms with E-state index < -0.39 is 0 Å². The van der Waals surface area contributed by atoms with E-state index in [1.807, 2.05) is 30.3 Å². The van der Waals surface area contributed by atoms with Gasteiger partial charge >= 0.3 is 0 Å². The van der Waals surface area contributed by atoms with Crippen LogP contribution >= 0.6 is 0 Å². The molecule has 4 aromatic carbocycles. The minimum absolute atomic E-state index is 0.490. The lowest BCUT2D eigenvalue weighted by Gasteiger charge is -2.26. The third-order valence-electron chi connectivity index (χ3n) is 7.34. The molecule has 6 rings (SSSR count). The summed E-state index contributed by atoms with van der Waals surface area (Å²) in [6, 6.07) is 44.3. The van der Waals surface area contributed by atoms with Crippen LogP contribution in [0.5, 0.6) is 0 Å². The van der Waals surface area contributed by atoms with E-state index in [1.165, 1.54) is 22.3 Å². The first-order valence-corrected chi connectivity index (χ1v) is 14.7. The van der Waals surface area contributed by atoms with Crippen LogP contribution in [0.2, 0.25) is 0 Å². The molecular formula is C38H35NO4. The van der Waals surface area contributed by atoms with Gasteiger partial charge in [-0.1, -0.05) is 66.7 Å². The Morgan fingerprint density at radius 2 is 0.884 bits per heavy atom. The van der Waals surface area contributed by atoms with Gasteiger partial charge in [0.15, 0.2) is 0 Å². The van der Waals surface area contributed by atoms with Gasteiger partial charge in [0.1, 0.15) is 24.7 Å². The van der Waals surface area contributed by atoms with Crippen LogP contribution in [-0.4, -0.2) is 13.2 Å². The zero-order valence-electron chi connectivity index (χ0n) is 24.1. The van der Waals surface area contributed by atoms with Crippen molar-refractivity contribution in [1.29, 1.82) is 0 Å². The summed E-state index contributed by atoms with van der Waals surface area (Å²) in [5.41, 5.74) is 8.16. The van der Waals surface area contributed by atoms with Gasteiger partial charge in [-0.2, -0.15) is 0 Å². The highest BCUT2D eigenvalue weighted by Gasteiger charge is 2.13. The van der Waals surface area contributed by atoms with E-state index in [-0.39, 0.29) is 0 Å². The Bertz CT molecular complexity index is 1540. The minimum atomic E-state index is 0.490. The standard InChI is InChI=1S/C38H35NO4/c1-2-6-32(7-3-1)33-14-20-36(21-15-33)39(34-16-10-30(11-17-34)22-26-40-28-37-8-4-24-42-37)35-18-12-31(13-19-35)23-27-41-29-38-9-5-25-43-38/h1-21,24-25H,22-23,26-29H2. The summed E-state index contributed by atoms with van der Waals surface area (Å²) in [7, 11) is 0. The van der Waals surface area contributed by atoms with Crippen LogP contribution in [0.4, 0.5) is 17.1 Å². The van der Waals surface area contributed by atoms with E-state index in [2.05, 4.69) is 102 Å². The molecule has 0 aliphatic carbocycles. The second-order valence-electron chi connectivity index (χ2n) is 10.3. The number of hydrogen-bond donors (Lipinski definition) is 0. The van der Waals surface area contributed by atoms with Crippen LogP contribution in [0, 0.1) is 0 Å². The van der Waals surface area contributed by atoms with Crippen LogP contribution < -0.4 is 4.90 Å². The van der Waals surface area contributed by atoms with Crippen LogP contribution in [-0.2, 0) is 35.5 Å². The molecule has 0 fully saturated rings. The second-order valence-corrected chi connectivity index (χ2v) is 10.3. The Balaban J connectivity index is 1.16. The summed E-state index contributed by atoms with van der Waals surface area (Å²) in [6.45, 7) is 2.25. The van der Waals surface area contributed by atoms with Crippen molar-refractivity contribution < 1.29 is 18.3 Å². The Morgan fingerprint density at radius 3 is 1.33 bits per heavy atom. The normalized spacial score (nSPS) is 11.1. The van der Waals surface area contributed by atoms with Crippen molar-refractivity contribution in [2.45, 2.75) is 26.1 Å². The molecule has 0 saturated heterocycles. The highest BCUT2D eigenvalue weighted by molar-refractivity contribution is 5.78. The smallest absolute Gasteiger partial charge is 0.129 e. The van der Waals surface area contributed by atoms with Crippen molar-refractivity contribution in [3.8, 4) is 11.1 Å². The topological polar surface area (TPSA) is 48.0 Å². The van der Waals surface area contributed by atoms with Gasteiger partial charge in [-0.15, -0.1) is 0 Å². The Labute approximate surface area is 252 Å². The molecule has 0 aliphatic heterocycles. The molecule has 0 atom stereocenters. The Morgan fingerprint density at radius 1 is 0.442 bits per heavy atom. The molecule has 0 amide bonds. The molecule has 0 radical (unpaired) electrons. The summed E-state index contributed by atoms with van der Waals surface area (Å²) >= 11 is 0. The molecule has 0 aliphatic rings. The lowest BCUT2D eigenvalue weighted by atomic mass is 10.0. The molecule has 5 heteroatoms. The molecule has 2 heterocycles. The van der Waals surface area contributed by atoms with Gasteiger partial charge in [0.05, 0.1) is 25.7 Å². The number of benzene rings is 4. The average molecular weight is 570 g/mol. The predicted octanol–water partition coefficient (Wildman–Crippen LogP) is 9.53. The molecule has 6 aromatic rings. The number of rotatable bonds is 14. The van der Waals surface area contributed by atoms with E-state index in [0.717, 1.165) is 41.4 Å². The largest absolute Gasteiger partial charge is 0.467 e. The highest BCUT2D eigenvalue weighted by Crippen LogP contribution is 2.36. The van der Waals surface area contributed by atoms with Crippen molar-refractivity contribution >= 4 is 17.1 Å². The number of nitrogens with zero attached hydrogens (tertiary/aromatic N) is 1. The van der Waals surface area contributed by atoms with Crippen molar-refractivity contribution in [3.63, 3.8) is 0 Å². The van der Waals surface area contributed by atoms with E-state index in [9.17, 15) is 0 Å². The molecule has 43 heavy (non-hydrogen) atoms. The summed E-state index contributed by atoms with van der Waals surface area (Å²) in [5.74, 6) is 1.69. The van der Waals surface area contributed by atoms with Crippen LogP contribution in [0.1, 0.15) is 22.6 Å². The number of ether oxygens (including phenoxy) is 2. The van der Waals surface area contributed by atoms with Gasteiger partial charge in [0, 0.05) is 17.1 Å². The average Bonchev–Trinajstić information content (AvgIpc) is 3.79. The SMILES string of the molecule is c1ccc(-c2ccc(N(c3ccc(CCOCc4ccco4)cc3)c3ccc(CCOCc4ccco4)cc3)cc2)cc1. The molecule has 5 nitrogen and oxygen atoms in total. The second kappa shape index (κ2) is 14.4. The molecule has 0 spiro atoms. The van der Waals surface area contributed by atoms with Gasteiger partial charge in [0.2, 0.25) is 0 Å². The van der Waals surface area contributed by atoms with Crippen molar-refractivity contribution in [3.05, 3.63) is 163 Å². The fourth-order valence-electron chi connectivity index (χ4n) is 5.02. The first-order chi connectivity index (χ1) is 21.3. The molecular weight excluding hydrogens is 534 g/mol. The number of furan rings is 2. The maximum atomic E-state index is 5.79. The fourth-order valence-corrected chi connectivity index (χ4v) is 5.02. The number of hydrogen-bond acceptors (Lipinski definition) is 5. The van der Waals surface area contributed by atoms with Gasteiger partial charge in [-0.05, 0) is 95.8 Å². The molecule has 216 valence electrons. The van der Waals surface area contributed by atoms with E-state index >= 15 is 0 Å². The summed E-state index contributed by atoms with van der Waals surface area (Å²) in [4.78, 5) is 2.29. The molecule has 0 saturated carbocycles. The molecule has 0 N–H and O–H groups in total.